The standard InChI is InChI=1S/C13H17FN2O3/c1-8-9(14)6-5-7-10(8)15-12(19)16(4)13(2,3)11(17)18/h5-7H,1-4H3,(H,15,19)(H,17,18). The largest absolute Gasteiger partial charge is 0.480 e. The number of carboxylic acid groups (broad SMARTS) is 1. The highest BCUT2D eigenvalue weighted by Gasteiger charge is 2.35. The molecule has 6 heteroatoms. The number of amides is 2. The average Bonchev–Trinajstić information content (AvgIpc) is 2.33. The molecule has 0 heterocycles. The SMILES string of the molecule is Cc1c(F)cccc1NC(=O)N(C)C(C)(C)C(=O)O. The van der Waals surface area contributed by atoms with E-state index in [1.165, 1.54) is 40.0 Å². The molecule has 0 saturated heterocycles. The van der Waals surface area contributed by atoms with Crippen molar-refractivity contribution in [3.63, 3.8) is 0 Å². The number of benzene rings is 1. The summed E-state index contributed by atoms with van der Waals surface area (Å²) in [6, 6.07) is 3.70. The Hall–Kier alpha value is -2.11. The van der Waals surface area contributed by atoms with Crippen LogP contribution in [0.3, 0.4) is 0 Å². The van der Waals surface area contributed by atoms with Gasteiger partial charge in [-0.1, -0.05) is 6.07 Å². The molecule has 0 atom stereocenters. The fourth-order valence-corrected chi connectivity index (χ4v) is 1.34. The van der Waals surface area contributed by atoms with Crippen LogP contribution in [0.5, 0.6) is 0 Å². The van der Waals surface area contributed by atoms with Gasteiger partial charge in [0.1, 0.15) is 11.4 Å². The Balaban J connectivity index is 2.92. The van der Waals surface area contributed by atoms with Crippen LogP contribution in [-0.2, 0) is 4.79 Å². The number of anilines is 1. The maximum absolute atomic E-state index is 13.3. The summed E-state index contributed by atoms with van der Waals surface area (Å²) >= 11 is 0. The third-order valence-electron chi connectivity index (χ3n) is 3.18. The minimum atomic E-state index is -1.36. The zero-order valence-corrected chi connectivity index (χ0v) is 11.3. The molecule has 1 aromatic carbocycles. The lowest BCUT2D eigenvalue weighted by atomic mass is 10.0. The monoisotopic (exact) mass is 268 g/mol. The molecule has 104 valence electrons. The first-order valence-corrected chi connectivity index (χ1v) is 5.71. The molecule has 0 bridgehead atoms. The smallest absolute Gasteiger partial charge is 0.329 e. The van der Waals surface area contributed by atoms with Crippen molar-refractivity contribution in [1.82, 2.24) is 4.90 Å². The fraction of sp³-hybridized carbons (Fsp3) is 0.385. The maximum Gasteiger partial charge on any atom is 0.329 e. The van der Waals surface area contributed by atoms with Crippen molar-refractivity contribution in [2.45, 2.75) is 26.3 Å². The van der Waals surface area contributed by atoms with E-state index >= 15 is 0 Å². The number of carbonyl (C=O) groups excluding carboxylic acids is 1. The number of aliphatic carboxylic acids is 1. The molecule has 0 fully saturated rings. The predicted molar refractivity (Wildman–Crippen MR) is 69.6 cm³/mol. The zero-order chi connectivity index (χ0) is 14.8. The highest BCUT2D eigenvalue weighted by atomic mass is 19.1. The Morgan fingerprint density at radius 3 is 2.47 bits per heavy atom. The molecular weight excluding hydrogens is 251 g/mol. The van der Waals surface area contributed by atoms with E-state index in [1.54, 1.807) is 6.07 Å². The van der Waals surface area contributed by atoms with E-state index in [9.17, 15) is 14.0 Å². The second-order valence-electron chi connectivity index (χ2n) is 4.77. The molecule has 19 heavy (non-hydrogen) atoms. The summed E-state index contributed by atoms with van der Waals surface area (Å²) in [5.74, 6) is -1.56. The lowest BCUT2D eigenvalue weighted by molar-refractivity contribution is -0.146. The number of carboxylic acids is 1. The van der Waals surface area contributed by atoms with Gasteiger partial charge in [0.2, 0.25) is 0 Å². The number of rotatable bonds is 3. The van der Waals surface area contributed by atoms with Crippen molar-refractivity contribution < 1.29 is 19.1 Å². The van der Waals surface area contributed by atoms with E-state index in [0.29, 0.717) is 11.3 Å². The molecule has 5 nitrogen and oxygen atoms in total. The Morgan fingerprint density at radius 2 is 1.95 bits per heavy atom. The summed E-state index contributed by atoms with van der Waals surface area (Å²) in [6.07, 6.45) is 0. The number of urea groups is 1. The molecule has 0 aliphatic carbocycles. The molecule has 1 rings (SSSR count). The molecular formula is C13H17FN2O3. The quantitative estimate of drug-likeness (QED) is 0.884. The van der Waals surface area contributed by atoms with Gasteiger partial charge < -0.3 is 15.3 Å². The number of halogens is 1. The molecule has 0 spiro atoms. The van der Waals surface area contributed by atoms with Crippen molar-refractivity contribution in [3.8, 4) is 0 Å². The van der Waals surface area contributed by atoms with E-state index in [4.69, 9.17) is 5.11 Å². The molecule has 0 radical (unpaired) electrons. The summed E-state index contributed by atoms with van der Waals surface area (Å²) in [5.41, 5.74) is -0.735. The van der Waals surface area contributed by atoms with Crippen LogP contribution in [-0.4, -0.2) is 34.6 Å². The molecule has 2 N–H and O–H groups in total. The summed E-state index contributed by atoms with van der Waals surface area (Å²) in [5, 5.41) is 11.5. The third kappa shape index (κ3) is 3.01. The van der Waals surface area contributed by atoms with Crippen LogP contribution in [0, 0.1) is 12.7 Å². The van der Waals surface area contributed by atoms with Gasteiger partial charge in [-0.3, -0.25) is 0 Å². The van der Waals surface area contributed by atoms with Crippen molar-refractivity contribution in [2.24, 2.45) is 0 Å². The number of nitrogens with zero attached hydrogens (tertiary/aromatic N) is 1. The Bertz CT molecular complexity index is 515. The van der Waals surface area contributed by atoms with Crippen LogP contribution in [0.1, 0.15) is 19.4 Å². The Morgan fingerprint density at radius 1 is 1.37 bits per heavy atom. The van der Waals surface area contributed by atoms with E-state index in [1.807, 2.05) is 0 Å². The summed E-state index contributed by atoms with van der Waals surface area (Å²) < 4.78 is 13.3. The second kappa shape index (κ2) is 5.26. The highest BCUT2D eigenvalue weighted by molar-refractivity contribution is 5.94. The minimum absolute atomic E-state index is 0.303. The highest BCUT2D eigenvalue weighted by Crippen LogP contribution is 2.19. The lowest BCUT2D eigenvalue weighted by Gasteiger charge is -2.31. The molecule has 0 aliphatic heterocycles. The van der Waals surface area contributed by atoms with Crippen molar-refractivity contribution in [2.75, 3.05) is 12.4 Å². The zero-order valence-electron chi connectivity index (χ0n) is 11.3. The van der Waals surface area contributed by atoms with Crippen LogP contribution < -0.4 is 5.32 Å². The van der Waals surface area contributed by atoms with Crippen LogP contribution >= 0.6 is 0 Å². The number of hydrogen-bond donors (Lipinski definition) is 2. The number of hydrogen-bond acceptors (Lipinski definition) is 2. The van der Waals surface area contributed by atoms with Crippen molar-refractivity contribution in [1.29, 1.82) is 0 Å². The predicted octanol–water partition coefficient (Wildman–Crippen LogP) is 2.46. The fourth-order valence-electron chi connectivity index (χ4n) is 1.34. The first-order chi connectivity index (χ1) is 8.67. The molecule has 0 aliphatic rings. The van der Waals surface area contributed by atoms with Crippen molar-refractivity contribution in [3.05, 3.63) is 29.6 Å². The van der Waals surface area contributed by atoms with E-state index in [2.05, 4.69) is 5.32 Å². The molecule has 0 saturated carbocycles. The number of likely N-dealkylation sites (N-methyl/N-ethyl adjacent to an activating group) is 1. The Kier molecular flexibility index (Phi) is 4.14. The van der Waals surface area contributed by atoms with Crippen LogP contribution in [0.4, 0.5) is 14.9 Å². The molecule has 0 aromatic heterocycles. The van der Waals surface area contributed by atoms with Gasteiger partial charge in [-0.15, -0.1) is 0 Å². The van der Waals surface area contributed by atoms with Gasteiger partial charge in [0, 0.05) is 18.3 Å². The van der Waals surface area contributed by atoms with Gasteiger partial charge >= 0.3 is 12.0 Å². The van der Waals surface area contributed by atoms with Crippen LogP contribution in [0.2, 0.25) is 0 Å². The van der Waals surface area contributed by atoms with Gasteiger partial charge in [0.15, 0.2) is 0 Å². The topological polar surface area (TPSA) is 69.6 Å². The number of nitrogens with one attached hydrogen (secondary N) is 1. The van der Waals surface area contributed by atoms with Gasteiger partial charge in [-0.2, -0.15) is 0 Å². The minimum Gasteiger partial charge on any atom is -0.480 e. The molecule has 1 aromatic rings. The van der Waals surface area contributed by atoms with Gasteiger partial charge in [-0.05, 0) is 32.9 Å². The van der Waals surface area contributed by atoms with Gasteiger partial charge in [0.05, 0.1) is 0 Å². The van der Waals surface area contributed by atoms with Crippen LogP contribution in [0.15, 0.2) is 18.2 Å². The molecule has 0 unspecified atom stereocenters. The maximum atomic E-state index is 13.3. The second-order valence-corrected chi connectivity index (χ2v) is 4.77. The van der Waals surface area contributed by atoms with Crippen LogP contribution in [0.25, 0.3) is 0 Å². The molecule has 2 amide bonds. The third-order valence-corrected chi connectivity index (χ3v) is 3.18. The first kappa shape index (κ1) is 14.9. The normalized spacial score (nSPS) is 11.0. The van der Waals surface area contributed by atoms with E-state index < -0.39 is 23.4 Å². The van der Waals surface area contributed by atoms with E-state index in [0.717, 1.165) is 4.90 Å². The summed E-state index contributed by atoms with van der Waals surface area (Å²) in [4.78, 5) is 24.1. The summed E-state index contributed by atoms with van der Waals surface area (Å²) in [6.45, 7) is 4.36. The van der Waals surface area contributed by atoms with E-state index in [-0.39, 0.29) is 0 Å². The lowest BCUT2D eigenvalue weighted by Crippen LogP contribution is -2.52. The van der Waals surface area contributed by atoms with Gasteiger partial charge in [0.25, 0.3) is 0 Å². The van der Waals surface area contributed by atoms with Gasteiger partial charge in [-0.25, -0.2) is 14.0 Å². The van der Waals surface area contributed by atoms with Crippen molar-refractivity contribution >= 4 is 17.7 Å². The Labute approximate surface area is 111 Å². The number of carbonyl (C=O) groups is 2. The average molecular weight is 268 g/mol. The first-order valence-electron chi connectivity index (χ1n) is 5.71. The summed E-state index contributed by atoms with van der Waals surface area (Å²) in [7, 11) is 1.37.